The molecule has 0 unspecified atom stereocenters. The van der Waals surface area contributed by atoms with Gasteiger partial charge >= 0.3 is 5.97 Å². The van der Waals surface area contributed by atoms with Crippen molar-refractivity contribution < 1.29 is 28.2 Å². The molecule has 2 aromatic carbocycles. The molecule has 7 nitrogen and oxygen atoms in total. The Morgan fingerprint density at radius 1 is 1.19 bits per heavy atom. The Hall–Kier alpha value is -3.27. The Bertz CT molecular complexity index is 1160. The average molecular weight is 508 g/mol. The molecule has 1 atom stereocenters. The van der Waals surface area contributed by atoms with Gasteiger partial charge in [-0.3, -0.25) is 4.79 Å². The van der Waals surface area contributed by atoms with E-state index in [2.05, 4.69) is 26.3 Å². The van der Waals surface area contributed by atoms with Gasteiger partial charge in [-0.1, -0.05) is 34.1 Å². The minimum atomic E-state index is -2.99. The summed E-state index contributed by atoms with van der Waals surface area (Å²) in [4.78, 5) is 24.0. The van der Waals surface area contributed by atoms with Crippen LogP contribution in [-0.4, -0.2) is 26.8 Å². The maximum absolute atomic E-state index is 13.6. The molecule has 1 aromatic heterocycles. The lowest BCUT2D eigenvalue weighted by molar-refractivity contribution is 0.0696. The van der Waals surface area contributed by atoms with Crippen LogP contribution in [-0.2, 0) is 7.05 Å². The van der Waals surface area contributed by atoms with Gasteiger partial charge in [-0.05, 0) is 49.2 Å². The molecular formula is C22H20BrF2N3O4. The van der Waals surface area contributed by atoms with Crippen molar-refractivity contribution in [2.24, 2.45) is 7.05 Å². The Balaban J connectivity index is 1.91. The van der Waals surface area contributed by atoms with E-state index in [1.807, 2.05) is 6.92 Å². The number of aryl methyl sites for hydroxylation is 2. The van der Waals surface area contributed by atoms with Crippen LogP contribution in [0.15, 0.2) is 46.9 Å². The highest BCUT2D eigenvalue weighted by molar-refractivity contribution is 9.10. The van der Waals surface area contributed by atoms with Crippen molar-refractivity contribution in [1.82, 2.24) is 15.1 Å². The van der Waals surface area contributed by atoms with E-state index in [4.69, 9.17) is 9.84 Å². The lowest BCUT2D eigenvalue weighted by Gasteiger charge is -2.16. The summed E-state index contributed by atoms with van der Waals surface area (Å²) < 4.78 is 34.9. The number of ether oxygens (including phenoxy) is 1. The number of aromatic carboxylic acids is 1. The Morgan fingerprint density at radius 3 is 2.41 bits per heavy atom. The van der Waals surface area contributed by atoms with E-state index in [0.717, 1.165) is 14.7 Å². The molecule has 1 amide bonds. The highest BCUT2D eigenvalue weighted by Crippen LogP contribution is 2.34. The number of rotatable bonds is 7. The van der Waals surface area contributed by atoms with Crippen molar-refractivity contribution in [3.8, 4) is 11.6 Å². The predicted octanol–water partition coefficient (Wildman–Crippen LogP) is 5.41. The standard InChI is InChI=1S/C22H20BrF2N3O4/c1-11-4-9-15(10-16(11)23)32-21-17(18(19(24)25)27-28(21)3)20(29)26-12(2)13-5-7-14(8-6-13)22(30)31/h4-10,12,19H,1-3H3,(H,26,29)(H,30,31)/t12-/m0/s1. The number of hydrogen-bond acceptors (Lipinski definition) is 4. The molecule has 3 rings (SSSR count). The van der Waals surface area contributed by atoms with Gasteiger partial charge < -0.3 is 15.2 Å². The smallest absolute Gasteiger partial charge is 0.335 e. The largest absolute Gasteiger partial charge is 0.478 e. The van der Waals surface area contributed by atoms with E-state index in [1.54, 1.807) is 37.3 Å². The van der Waals surface area contributed by atoms with Crippen LogP contribution in [0, 0.1) is 6.92 Å². The van der Waals surface area contributed by atoms with Crippen molar-refractivity contribution in [2.75, 3.05) is 0 Å². The number of carboxylic acids is 1. The normalized spacial score (nSPS) is 12.0. The molecule has 0 aliphatic carbocycles. The molecule has 0 bridgehead atoms. The number of carbonyl (C=O) groups is 2. The molecule has 0 fully saturated rings. The highest BCUT2D eigenvalue weighted by atomic mass is 79.9. The van der Waals surface area contributed by atoms with E-state index in [0.29, 0.717) is 11.3 Å². The monoisotopic (exact) mass is 507 g/mol. The fourth-order valence-electron chi connectivity index (χ4n) is 3.03. The summed E-state index contributed by atoms with van der Waals surface area (Å²) in [6.45, 7) is 3.54. The first-order valence-corrected chi connectivity index (χ1v) is 10.3. The number of halogens is 3. The first kappa shape index (κ1) is 23.4. The number of hydrogen-bond donors (Lipinski definition) is 2. The quantitative estimate of drug-likeness (QED) is 0.445. The second-order valence-corrected chi connectivity index (χ2v) is 7.98. The second kappa shape index (κ2) is 9.47. The number of amides is 1. The van der Waals surface area contributed by atoms with Crippen molar-refractivity contribution in [3.05, 3.63) is 74.9 Å². The summed E-state index contributed by atoms with van der Waals surface area (Å²) in [5.74, 6) is -1.64. The summed E-state index contributed by atoms with van der Waals surface area (Å²) in [6.07, 6.45) is -2.99. The molecule has 0 aliphatic heterocycles. The zero-order chi connectivity index (χ0) is 23.6. The first-order valence-electron chi connectivity index (χ1n) is 9.51. The fraction of sp³-hybridized carbons (Fsp3) is 0.227. The van der Waals surface area contributed by atoms with Gasteiger partial charge in [0.2, 0.25) is 5.88 Å². The third-order valence-corrected chi connectivity index (χ3v) is 5.67. The molecule has 0 spiro atoms. The van der Waals surface area contributed by atoms with E-state index in [1.165, 1.54) is 19.2 Å². The maximum Gasteiger partial charge on any atom is 0.335 e. The van der Waals surface area contributed by atoms with Crippen LogP contribution in [0.4, 0.5) is 8.78 Å². The van der Waals surface area contributed by atoms with E-state index in [9.17, 15) is 18.4 Å². The molecule has 3 aromatic rings. The SMILES string of the molecule is Cc1ccc(Oc2c(C(=O)N[C@@H](C)c3ccc(C(=O)O)cc3)c(C(F)F)nn2C)cc1Br. The number of alkyl halides is 2. The third-order valence-electron chi connectivity index (χ3n) is 4.82. The van der Waals surface area contributed by atoms with Crippen LogP contribution < -0.4 is 10.1 Å². The van der Waals surface area contributed by atoms with Gasteiger partial charge in [0.25, 0.3) is 12.3 Å². The van der Waals surface area contributed by atoms with Gasteiger partial charge in [0.15, 0.2) is 0 Å². The van der Waals surface area contributed by atoms with Crippen molar-refractivity contribution in [2.45, 2.75) is 26.3 Å². The molecule has 32 heavy (non-hydrogen) atoms. The van der Waals surface area contributed by atoms with Crippen LogP contribution >= 0.6 is 15.9 Å². The summed E-state index contributed by atoms with van der Waals surface area (Å²) in [6, 6.07) is 10.4. The van der Waals surface area contributed by atoms with E-state index >= 15 is 0 Å². The number of aromatic nitrogens is 2. The van der Waals surface area contributed by atoms with Gasteiger partial charge in [0, 0.05) is 11.5 Å². The fourth-order valence-corrected chi connectivity index (χ4v) is 3.38. The molecular weight excluding hydrogens is 488 g/mol. The Labute approximate surface area is 191 Å². The zero-order valence-corrected chi connectivity index (χ0v) is 19.0. The third kappa shape index (κ3) is 4.96. The summed E-state index contributed by atoms with van der Waals surface area (Å²) in [5.41, 5.74) is 0.597. The van der Waals surface area contributed by atoms with Gasteiger partial charge in [0.1, 0.15) is 17.0 Å². The van der Waals surface area contributed by atoms with Gasteiger partial charge in [-0.15, -0.1) is 0 Å². The number of nitrogens with one attached hydrogen (secondary N) is 1. The molecule has 0 radical (unpaired) electrons. The molecule has 168 valence electrons. The van der Waals surface area contributed by atoms with Crippen molar-refractivity contribution >= 4 is 27.8 Å². The summed E-state index contributed by atoms with van der Waals surface area (Å²) >= 11 is 3.39. The van der Waals surface area contributed by atoms with Crippen molar-refractivity contribution in [3.63, 3.8) is 0 Å². The number of benzene rings is 2. The van der Waals surface area contributed by atoms with Crippen LogP contribution in [0.3, 0.4) is 0 Å². The maximum atomic E-state index is 13.6. The second-order valence-electron chi connectivity index (χ2n) is 7.13. The topological polar surface area (TPSA) is 93.4 Å². The molecule has 10 heteroatoms. The van der Waals surface area contributed by atoms with E-state index < -0.39 is 30.0 Å². The Kier molecular flexibility index (Phi) is 6.93. The summed E-state index contributed by atoms with van der Waals surface area (Å²) in [5, 5.41) is 15.4. The lowest BCUT2D eigenvalue weighted by Crippen LogP contribution is -2.27. The van der Waals surface area contributed by atoms with Gasteiger partial charge in [-0.25, -0.2) is 18.3 Å². The molecule has 0 saturated carbocycles. The van der Waals surface area contributed by atoms with Crippen LogP contribution in [0.2, 0.25) is 0 Å². The molecule has 1 heterocycles. The van der Waals surface area contributed by atoms with E-state index in [-0.39, 0.29) is 17.0 Å². The lowest BCUT2D eigenvalue weighted by atomic mass is 10.1. The molecule has 0 aliphatic rings. The van der Waals surface area contributed by atoms with Gasteiger partial charge in [-0.2, -0.15) is 5.10 Å². The highest BCUT2D eigenvalue weighted by Gasteiger charge is 2.30. The zero-order valence-electron chi connectivity index (χ0n) is 17.4. The minimum Gasteiger partial charge on any atom is -0.478 e. The Morgan fingerprint density at radius 2 is 1.84 bits per heavy atom. The molecule has 0 saturated heterocycles. The van der Waals surface area contributed by atoms with Crippen LogP contribution in [0.1, 0.15) is 56.9 Å². The predicted molar refractivity (Wildman–Crippen MR) is 116 cm³/mol. The summed E-state index contributed by atoms with van der Waals surface area (Å²) in [7, 11) is 1.41. The average Bonchev–Trinajstić information content (AvgIpc) is 3.07. The minimum absolute atomic E-state index is 0.0967. The number of carbonyl (C=O) groups excluding carboxylic acids is 1. The van der Waals surface area contributed by atoms with Crippen LogP contribution in [0.25, 0.3) is 0 Å². The molecule has 2 N–H and O–H groups in total. The van der Waals surface area contributed by atoms with Crippen LogP contribution in [0.5, 0.6) is 11.6 Å². The number of nitrogens with zero attached hydrogens (tertiary/aromatic N) is 2. The van der Waals surface area contributed by atoms with Crippen molar-refractivity contribution in [1.29, 1.82) is 0 Å². The number of carboxylic acid groups (broad SMARTS) is 1. The first-order chi connectivity index (χ1) is 15.1. The van der Waals surface area contributed by atoms with Gasteiger partial charge in [0.05, 0.1) is 11.6 Å².